The lowest BCUT2D eigenvalue weighted by molar-refractivity contribution is -0.133. The number of ether oxygens (including phenoxy) is 2. The summed E-state index contributed by atoms with van der Waals surface area (Å²) in [5.74, 6) is 1.32. The minimum Gasteiger partial charge on any atom is -0.392 e. The normalized spacial score (nSPS) is 17.4. The van der Waals surface area contributed by atoms with Crippen LogP contribution in [0.3, 0.4) is 0 Å². The molecule has 2 aromatic carbocycles. The quantitative estimate of drug-likeness (QED) is 0.0174. The molecule has 18 nitrogen and oxygen atoms in total. The number of hydrogen-bond donors (Lipinski definition) is 6. The number of aryl methyl sites for hydroxylation is 3. The van der Waals surface area contributed by atoms with Crippen LogP contribution < -0.4 is 26.2 Å². The molecule has 2 fully saturated rings. The number of halogens is 1. The SMILES string of the molecule is Cc1nc(N2CCN(CCCCCCOCCCCCOCCCCCC(O)N[C@H]([C@H](O)N3C[C@H](O)C[C@H]3C(=O)NCc3ccc(-c4scnc4C)cc3)C(C)(C)C)CC2)cc(N(c2ncc(C(N)=O)s2)c2c(C)cccc2Cl)n1. The Labute approximate surface area is 486 Å². The molecule has 438 valence electrons. The summed E-state index contributed by atoms with van der Waals surface area (Å²) in [6, 6.07) is 14.5. The van der Waals surface area contributed by atoms with Crippen molar-refractivity contribution in [2.45, 2.75) is 156 Å². The number of hydrogen-bond acceptors (Lipinski definition) is 18. The number of unbranched alkanes of at least 4 members (excludes halogenated alkanes) is 7. The highest BCUT2D eigenvalue weighted by molar-refractivity contribution is 7.17. The van der Waals surface area contributed by atoms with Crippen molar-refractivity contribution in [2.75, 3.05) is 75.5 Å². The molecule has 0 spiro atoms. The predicted octanol–water partition coefficient (Wildman–Crippen LogP) is 9.04. The Morgan fingerprint density at radius 1 is 0.875 bits per heavy atom. The molecule has 2 aliphatic heterocycles. The van der Waals surface area contributed by atoms with Crippen LogP contribution in [-0.2, 0) is 20.8 Å². The van der Waals surface area contributed by atoms with Crippen LogP contribution in [0.1, 0.15) is 130 Å². The van der Waals surface area contributed by atoms with Gasteiger partial charge < -0.3 is 40.7 Å². The van der Waals surface area contributed by atoms with E-state index < -0.39 is 42.0 Å². The highest BCUT2D eigenvalue weighted by Crippen LogP contribution is 2.42. The van der Waals surface area contributed by atoms with Crippen LogP contribution in [0.25, 0.3) is 10.4 Å². The Morgan fingerprint density at radius 2 is 1.54 bits per heavy atom. The van der Waals surface area contributed by atoms with Gasteiger partial charge in [-0.15, -0.1) is 11.3 Å². The van der Waals surface area contributed by atoms with E-state index in [2.05, 4.69) is 30.4 Å². The zero-order valence-corrected chi connectivity index (χ0v) is 50.1. The molecule has 5 heterocycles. The third-order valence-corrected chi connectivity index (χ3v) is 17.2. The number of carbonyl (C=O) groups is 2. The number of benzene rings is 2. The molecule has 5 aromatic rings. The van der Waals surface area contributed by atoms with Gasteiger partial charge in [-0.1, -0.05) is 99.4 Å². The molecule has 1 unspecified atom stereocenters. The summed E-state index contributed by atoms with van der Waals surface area (Å²) >= 11 is 9.58. The average Bonchev–Trinajstić information content (AvgIpc) is 4.29. The number of nitrogens with one attached hydrogen (secondary N) is 2. The number of para-hydroxylation sites is 1. The van der Waals surface area contributed by atoms with E-state index in [4.69, 9.17) is 36.8 Å². The number of amides is 2. The summed E-state index contributed by atoms with van der Waals surface area (Å²) < 4.78 is 11.9. The Hall–Kier alpha value is -4.71. The molecule has 5 atom stereocenters. The second-order valence-electron chi connectivity index (χ2n) is 22.3. The fraction of sp³-hybridized carbons (Fsp3) is 0.593. The van der Waals surface area contributed by atoms with E-state index in [9.17, 15) is 24.9 Å². The number of anilines is 4. The zero-order valence-electron chi connectivity index (χ0n) is 47.7. The second-order valence-corrected chi connectivity index (χ2v) is 24.6. The number of carbonyl (C=O) groups excluding carboxylic acids is 2. The van der Waals surface area contributed by atoms with Crippen LogP contribution in [0.15, 0.2) is 60.2 Å². The van der Waals surface area contributed by atoms with Crippen molar-refractivity contribution >= 4 is 68.5 Å². The fourth-order valence-corrected chi connectivity index (χ4v) is 12.3. The summed E-state index contributed by atoms with van der Waals surface area (Å²) in [6.45, 7) is 20.0. The minimum absolute atomic E-state index is 0.162. The van der Waals surface area contributed by atoms with Crippen molar-refractivity contribution in [3.63, 3.8) is 0 Å². The molecular weight excluding hydrogens is 1070 g/mol. The summed E-state index contributed by atoms with van der Waals surface area (Å²) in [5.41, 5.74) is 11.7. The van der Waals surface area contributed by atoms with Crippen molar-refractivity contribution in [1.82, 2.24) is 40.4 Å². The Bertz CT molecular complexity index is 2680. The number of β-amino-alcohol motifs (C(OH)–C–C–N with tert-alkyl or cyclic N) is 1. The summed E-state index contributed by atoms with van der Waals surface area (Å²) in [5, 5.41) is 40.8. The molecule has 7 rings (SSSR count). The van der Waals surface area contributed by atoms with Gasteiger partial charge in [0.15, 0.2) is 5.13 Å². The number of aromatic nitrogens is 4. The van der Waals surface area contributed by atoms with Crippen LogP contribution in [-0.4, -0.2) is 153 Å². The lowest BCUT2D eigenvalue weighted by Gasteiger charge is -2.41. The largest absolute Gasteiger partial charge is 0.392 e. The Balaban J connectivity index is 0.689. The lowest BCUT2D eigenvalue weighted by atomic mass is 9.84. The molecule has 3 aromatic heterocycles. The van der Waals surface area contributed by atoms with E-state index in [-0.39, 0.29) is 18.9 Å². The number of thiazole rings is 2. The maximum Gasteiger partial charge on any atom is 0.260 e. The first kappa shape index (κ1) is 62.9. The smallest absolute Gasteiger partial charge is 0.260 e. The van der Waals surface area contributed by atoms with E-state index in [0.717, 1.165) is 149 Å². The molecule has 80 heavy (non-hydrogen) atoms. The fourth-order valence-electron chi connectivity index (χ4n) is 10.4. The highest BCUT2D eigenvalue weighted by atomic mass is 35.5. The maximum absolute atomic E-state index is 13.5. The number of likely N-dealkylation sites (tertiary alicyclic amines) is 1. The van der Waals surface area contributed by atoms with Gasteiger partial charge in [0.1, 0.15) is 34.8 Å². The molecule has 21 heteroatoms. The van der Waals surface area contributed by atoms with Gasteiger partial charge in [-0.05, 0) is 113 Å². The van der Waals surface area contributed by atoms with Crippen LogP contribution >= 0.6 is 34.3 Å². The van der Waals surface area contributed by atoms with Gasteiger partial charge in [0.05, 0.1) is 51.2 Å². The van der Waals surface area contributed by atoms with E-state index in [1.165, 1.54) is 24.0 Å². The maximum atomic E-state index is 13.5. The molecule has 0 radical (unpaired) electrons. The molecule has 0 aliphatic carbocycles. The van der Waals surface area contributed by atoms with Crippen molar-refractivity contribution in [3.05, 3.63) is 92.8 Å². The van der Waals surface area contributed by atoms with Crippen molar-refractivity contribution in [2.24, 2.45) is 11.1 Å². The van der Waals surface area contributed by atoms with Gasteiger partial charge in [-0.3, -0.25) is 29.6 Å². The monoisotopic (exact) mass is 1160 g/mol. The molecule has 2 amide bonds. The predicted molar refractivity (Wildman–Crippen MR) is 320 cm³/mol. The highest BCUT2D eigenvalue weighted by Gasteiger charge is 2.45. The van der Waals surface area contributed by atoms with E-state index in [1.54, 1.807) is 16.2 Å². The summed E-state index contributed by atoms with van der Waals surface area (Å²) in [7, 11) is 0. The Kier molecular flexibility index (Phi) is 24.4. The van der Waals surface area contributed by atoms with Gasteiger partial charge in [-0.25, -0.2) is 19.9 Å². The number of aliphatic hydroxyl groups is 3. The van der Waals surface area contributed by atoms with Crippen LogP contribution in [0, 0.1) is 26.2 Å². The average molecular weight is 1160 g/mol. The minimum atomic E-state index is -1.10. The first-order chi connectivity index (χ1) is 38.5. The van der Waals surface area contributed by atoms with Gasteiger partial charge in [-0.2, -0.15) is 0 Å². The molecule has 0 bridgehead atoms. The summed E-state index contributed by atoms with van der Waals surface area (Å²) in [4.78, 5) is 53.9. The van der Waals surface area contributed by atoms with Gasteiger partial charge >= 0.3 is 0 Å². The number of aliphatic hydroxyl groups excluding tert-OH is 3. The van der Waals surface area contributed by atoms with E-state index in [1.807, 2.05) is 100 Å². The number of nitrogens with two attached hydrogens (primary N) is 1. The number of nitrogens with zero attached hydrogens (tertiary/aromatic N) is 8. The molecule has 2 aliphatic rings. The number of piperazine rings is 1. The van der Waals surface area contributed by atoms with Crippen molar-refractivity contribution in [1.29, 1.82) is 0 Å². The third kappa shape index (κ3) is 18.4. The van der Waals surface area contributed by atoms with Crippen molar-refractivity contribution in [3.8, 4) is 10.4 Å². The number of primary amides is 1. The van der Waals surface area contributed by atoms with Gasteiger partial charge in [0.2, 0.25) is 5.91 Å². The molecule has 7 N–H and O–H groups in total. The van der Waals surface area contributed by atoms with Gasteiger partial charge in [0.25, 0.3) is 5.91 Å². The van der Waals surface area contributed by atoms with Crippen molar-refractivity contribution < 1.29 is 34.4 Å². The first-order valence-electron chi connectivity index (χ1n) is 28.6. The van der Waals surface area contributed by atoms with E-state index >= 15 is 0 Å². The zero-order chi connectivity index (χ0) is 57.2. The molecule has 2 saturated heterocycles. The van der Waals surface area contributed by atoms with E-state index in [0.29, 0.717) is 46.2 Å². The van der Waals surface area contributed by atoms with Crippen LogP contribution in [0.4, 0.5) is 22.5 Å². The summed E-state index contributed by atoms with van der Waals surface area (Å²) in [6.07, 6.45) is 9.85. The lowest BCUT2D eigenvalue weighted by Crippen LogP contribution is -2.61. The Morgan fingerprint density at radius 3 is 2.16 bits per heavy atom. The molecular formula is C59H86ClN11O7S2. The third-order valence-electron chi connectivity index (χ3n) is 14.9. The van der Waals surface area contributed by atoms with Crippen LogP contribution in [0.2, 0.25) is 5.02 Å². The first-order valence-corrected chi connectivity index (χ1v) is 30.7. The molecule has 0 saturated carbocycles. The number of rotatable bonds is 32. The second kappa shape index (κ2) is 31.1. The topological polar surface area (TPSA) is 228 Å². The van der Waals surface area contributed by atoms with Crippen LogP contribution in [0.5, 0.6) is 0 Å². The van der Waals surface area contributed by atoms with Gasteiger partial charge in [0, 0.05) is 71.8 Å². The standard InChI is InChI=1S/C59H86ClN11O7S2/c1-40-18-17-19-46(60)52(40)71(58-63-37-48(80-58)55(61)74)50-35-49(65-42(3)66-50)69-28-26-68(27-29-69)25-12-7-8-13-30-77-32-15-10-16-33-78-31-14-9-11-20-51(73)67-54(59(4,5)6)57(76)70-38-45(72)34-47(70)56(75)62-36-43-21-23-44(24-22-43)53-41(2)64-39-79-53/h17-19,21-24,35,37,39,45,47,51,54,57,67,72-73,76H,7-16,20,25-34,36,38H2,1-6H3,(H2,61,74)(H,62,75)/t45-,47+,51?,54-,57+/m1/s1.